The number of hydrogen-bond acceptors (Lipinski definition) is 6. The summed E-state index contributed by atoms with van der Waals surface area (Å²) in [6.07, 6.45) is 3.73. The van der Waals surface area contributed by atoms with E-state index < -0.39 is 4.92 Å². The number of amides is 1. The van der Waals surface area contributed by atoms with E-state index in [9.17, 15) is 14.9 Å². The summed E-state index contributed by atoms with van der Waals surface area (Å²) in [5, 5.41) is 20.9. The Morgan fingerprint density at radius 3 is 2.68 bits per heavy atom. The lowest BCUT2D eigenvalue weighted by Crippen LogP contribution is -2.27. The number of anilines is 1. The highest BCUT2D eigenvalue weighted by Gasteiger charge is 2.19. The summed E-state index contributed by atoms with van der Waals surface area (Å²) >= 11 is 0. The van der Waals surface area contributed by atoms with Crippen LogP contribution in [0.5, 0.6) is 0 Å². The number of nitrogens with zero attached hydrogens (tertiary/aromatic N) is 4. The first-order valence-corrected chi connectivity index (χ1v) is 7.72. The molecule has 2 aromatic rings. The molecule has 9 nitrogen and oxygen atoms in total. The first kappa shape index (κ1) is 18.4. The maximum absolute atomic E-state index is 12.1. The minimum atomic E-state index is -0.519. The van der Waals surface area contributed by atoms with Gasteiger partial charge in [-0.25, -0.2) is 0 Å². The van der Waals surface area contributed by atoms with Gasteiger partial charge in [0.25, 0.3) is 11.6 Å². The molecule has 2 rings (SSSR count). The first-order valence-electron chi connectivity index (χ1n) is 7.72. The van der Waals surface area contributed by atoms with Gasteiger partial charge >= 0.3 is 0 Å². The predicted octanol–water partition coefficient (Wildman–Crippen LogP) is 1.40. The number of rotatable bonds is 7. The Morgan fingerprint density at radius 2 is 2.16 bits per heavy atom. The second-order valence-corrected chi connectivity index (χ2v) is 5.87. The SMILES string of the molecule is CNC(=O)c1cc([N+](=O)[O-])ccc1NCC(c1cnn(C)c1)N(C)C. The molecule has 0 spiro atoms. The number of nitro benzene ring substituents is 1. The van der Waals surface area contributed by atoms with Crippen LogP contribution >= 0.6 is 0 Å². The van der Waals surface area contributed by atoms with Gasteiger partial charge in [-0.05, 0) is 20.2 Å². The van der Waals surface area contributed by atoms with Crippen molar-refractivity contribution in [3.05, 3.63) is 51.8 Å². The van der Waals surface area contributed by atoms with Crippen molar-refractivity contribution >= 4 is 17.3 Å². The van der Waals surface area contributed by atoms with E-state index in [0.29, 0.717) is 12.2 Å². The van der Waals surface area contributed by atoms with Crippen LogP contribution in [-0.4, -0.2) is 53.2 Å². The molecule has 1 atom stereocenters. The largest absolute Gasteiger partial charge is 0.382 e. The minimum absolute atomic E-state index is 0.0291. The van der Waals surface area contributed by atoms with E-state index in [1.807, 2.05) is 32.2 Å². The van der Waals surface area contributed by atoms with Gasteiger partial charge in [-0.2, -0.15) is 5.10 Å². The summed E-state index contributed by atoms with van der Waals surface area (Å²) in [6, 6.07) is 4.24. The normalized spacial score (nSPS) is 12.0. The van der Waals surface area contributed by atoms with E-state index in [1.165, 1.54) is 19.2 Å². The van der Waals surface area contributed by atoms with E-state index in [2.05, 4.69) is 15.7 Å². The highest BCUT2D eigenvalue weighted by atomic mass is 16.6. The van der Waals surface area contributed by atoms with E-state index >= 15 is 0 Å². The van der Waals surface area contributed by atoms with Crippen molar-refractivity contribution in [2.45, 2.75) is 6.04 Å². The Morgan fingerprint density at radius 1 is 1.44 bits per heavy atom. The molecule has 0 saturated heterocycles. The molecule has 0 saturated carbocycles. The molecule has 1 aromatic carbocycles. The number of carbonyl (C=O) groups is 1. The van der Waals surface area contributed by atoms with Gasteiger partial charge in [-0.3, -0.25) is 19.6 Å². The minimum Gasteiger partial charge on any atom is -0.382 e. The van der Waals surface area contributed by atoms with Crippen molar-refractivity contribution < 1.29 is 9.72 Å². The fraction of sp³-hybridized carbons (Fsp3) is 0.375. The molecule has 0 radical (unpaired) electrons. The molecule has 1 heterocycles. The smallest absolute Gasteiger partial charge is 0.270 e. The molecular weight excluding hydrogens is 324 g/mol. The van der Waals surface area contributed by atoms with Crippen LogP contribution < -0.4 is 10.6 Å². The quantitative estimate of drug-likeness (QED) is 0.580. The third kappa shape index (κ3) is 4.32. The van der Waals surface area contributed by atoms with Crippen LogP contribution in [0.3, 0.4) is 0 Å². The lowest BCUT2D eigenvalue weighted by molar-refractivity contribution is -0.384. The van der Waals surface area contributed by atoms with Gasteiger partial charge in [-0.15, -0.1) is 0 Å². The number of likely N-dealkylation sites (N-methyl/N-ethyl adjacent to an activating group) is 1. The summed E-state index contributed by atoms with van der Waals surface area (Å²) in [6.45, 7) is 0.514. The van der Waals surface area contributed by atoms with Crippen LogP contribution in [0.4, 0.5) is 11.4 Å². The number of benzene rings is 1. The van der Waals surface area contributed by atoms with Gasteiger partial charge in [0.15, 0.2) is 0 Å². The fourth-order valence-corrected chi connectivity index (χ4v) is 2.54. The van der Waals surface area contributed by atoms with Gasteiger partial charge in [0, 0.05) is 50.2 Å². The van der Waals surface area contributed by atoms with Gasteiger partial charge < -0.3 is 15.5 Å². The lowest BCUT2D eigenvalue weighted by Gasteiger charge is -2.24. The van der Waals surface area contributed by atoms with Gasteiger partial charge in [0.05, 0.1) is 22.7 Å². The maximum Gasteiger partial charge on any atom is 0.270 e. The third-order valence-electron chi connectivity index (χ3n) is 3.90. The Balaban J connectivity index is 2.26. The molecule has 0 aliphatic carbocycles. The van der Waals surface area contributed by atoms with E-state index in [1.54, 1.807) is 16.9 Å². The van der Waals surface area contributed by atoms with E-state index in [4.69, 9.17) is 0 Å². The Hall–Kier alpha value is -2.94. The molecule has 2 N–H and O–H groups in total. The Labute approximate surface area is 145 Å². The number of carbonyl (C=O) groups excluding carboxylic acids is 1. The molecule has 0 bridgehead atoms. The second-order valence-electron chi connectivity index (χ2n) is 5.87. The average molecular weight is 346 g/mol. The number of aryl methyl sites for hydroxylation is 1. The van der Waals surface area contributed by atoms with Crippen LogP contribution in [0, 0.1) is 10.1 Å². The van der Waals surface area contributed by atoms with Gasteiger partial charge in [-0.1, -0.05) is 0 Å². The predicted molar refractivity (Wildman–Crippen MR) is 94.6 cm³/mol. The van der Waals surface area contributed by atoms with Crippen LogP contribution in [0.15, 0.2) is 30.6 Å². The van der Waals surface area contributed by atoms with Crippen LogP contribution in [0.2, 0.25) is 0 Å². The monoisotopic (exact) mass is 346 g/mol. The third-order valence-corrected chi connectivity index (χ3v) is 3.90. The van der Waals surface area contributed by atoms with Crippen LogP contribution in [-0.2, 0) is 7.05 Å². The number of non-ortho nitro benzene ring substituents is 1. The molecule has 25 heavy (non-hydrogen) atoms. The van der Waals surface area contributed by atoms with Crippen LogP contribution in [0.1, 0.15) is 22.0 Å². The van der Waals surface area contributed by atoms with Crippen molar-refractivity contribution in [2.75, 3.05) is 33.0 Å². The first-order chi connectivity index (χ1) is 11.8. The number of nitrogens with one attached hydrogen (secondary N) is 2. The van der Waals surface area contributed by atoms with Gasteiger partial charge in [0.2, 0.25) is 0 Å². The van der Waals surface area contributed by atoms with Crippen molar-refractivity contribution in [1.82, 2.24) is 20.0 Å². The Kier molecular flexibility index (Phi) is 5.71. The average Bonchev–Trinajstić information content (AvgIpc) is 3.00. The summed E-state index contributed by atoms with van der Waals surface area (Å²) in [5.41, 5.74) is 1.69. The fourth-order valence-electron chi connectivity index (χ4n) is 2.54. The zero-order valence-corrected chi connectivity index (χ0v) is 14.7. The summed E-state index contributed by atoms with van der Waals surface area (Å²) < 4.78 is 1.73. The summed E-state index contributed by atoms with van der Waals surface area (Å²) in [7, 11) is 7.25. The number of aromatic nitrogens is 2. The second kappa shape index (κ2) is 7.75. The molecule has 9 heteroatoms. The molecule has 0 fully saturated rings. The molecule has 0 aliphatic heterocycles. The lowest BCUT2D eigenvalue weighted by atomic mass is 10.1. The molecule has 1 aromatic heterocycles. The number of nitro groups is 1. The number of hydrogen-bond donors (Lipinski definition) is 2. The topological polar surface area (TPSA) is 105 Å². The standard InChI is InChI=1S/C16H22N6O3/c1-17-16(23)13-7-12(22(24)25)5-6-14(13)18-9-15(20(2)3)11-8-19-21(4)10-11/h5-8,10,15,18H,9H2,1-4H3,(H,17,23). The van der Waals surface area contributed by atoms with Crippen LogP contribution in [0.25, 0.3) is 0 Å². The Bertz CT molecular complexity index is 771. The molecule has 134 valence electrons. The highest BCUT2D eigenvalue weighted by molar-refractivity contribution is 6.00. The summed E-state index contributed by atoms with van der Waals surface area (Å²) in [5.74, 6) is -0.381. The molecule has 1 amide bonds. The summed E-state index contributed by atoms with van der Waals surface area (Å²) in [4.78, 5) is 24.5. The maximum atomic E-state index is 12.1. The zero-order chi connectivity index (χ0) is 18.6. The van der Waals surface area contributed by atoms with Crippen molar-refractivity contribution in [3.63, 3.8) is 0 Å². The van der Waals surface area contributed by atoms with E-state index in [-0.39, 0.29) is 23.2 Å². The van der Waals surface area contributed by atoms with Crippen molar-refractivity contribution in [3.8, 4) is 0 Å². The highest BCUT2D eigenvalue weighted by Crippen LogP contribution is 2.24. The zero-order valence-electron chi connectivity index (χ0n) is 14.7. The molecule has 1 unspecified atom stereocenters. The van der Waals surface area contributed by atoms with Crippen molar-refractivity contribution in [1.29, 1.82) is 0 Å². The van der Waals surface area contributed by atoms with Gasteiger partial charge in [0.1, 0.15) is 0 Å². The van der Waals surface area contributed by atoms with E-state index in [0.717, 1.165) is 5.56 Å². The molecular formula is C16H22N6O3. The van der Waals surface area contributed by atoms with Crippen molar-refractivity contribution in [2.24, 2.45) is 7.05 Å². The molecule has 0 aliphatic rings.